The second-order valence-corrected chi connectivity index (χ2v) is 8.39. The maximum Gasteiger partial charge on any atom is 0.251 e. The average molecular weight is 403 g/mol. The third-order valence-electron chi connectivity index (χ3n) is 5.27. The number of fused-ring (bicyclic) bond motifs is 1. The maximum absolute atomic E-state index is 12.5. The molecule has 2 amide bonds. The van der Waals surface area contributed by atoms with E-state index in [0.717, 1.165) is 24.2 Å². The molecule has 7 nitrogen and oxygen atoms in total. The minimum absolute atomic E-state index is 0.0843. The predicted molar refractivity (Wildman–Crippen MR) is 108 cm³/mol. The second kappa shape index (κ2) is 8.53. The van der Waals surface area contributed by atoms with Gasteiger partial charge in [-0.05, 0) is 31.4 Å². The van der Waals surface area contributed by atoms with Crippen molar-refractivity contribution in [2.45, 2.75) is 31.6 Å². The molecule has 0 unspecified atom stereocenters. The van der Waals surface area contributed by atoms with Gasteiger partial charge in [-0.15, -0.1) is 11.8 Å². The highest BCUT2D eigenvalue weighted by Crippen LogP contribution is 2.17. The van der Waals surface area contributed by atoms with E-state index in [1.165, 1.54) is 5.56 Å². The van der Waals surface area contributed by atoms with Gasteiger partial charge in [0.1, 0.15) is 11.8 Å². The first-order valence-electron chi connectivity index (χ1n) is 9.80. The van der Waals surface area contributed by atoms with Gasteiger partial charge < -0.3 is 18.9 Å². The van der Waals surface area contributed by atoms with Crippen LogP contribution in [0.25, 0.3) is 5.65 Å². The van der Waals surface area contributed by atoms with Crippen LogP contribution in [0.15, 0.2) is 24.5 Å². The molecule has 2 aromatic rings. The molecule has 8 heteroatoms. The van der Waals surface area contributed by atoms with Crippen LogP contribution >= 0.6 is 11.8 Å². The fourth-order valence-corrected chi connectivity index (χ4v) is 4.52. The molecule has 28 heavy (non-hydrogen) atoms. The Labute approximate surface area is 169 Å². The molecule has 2 fully saturated rings. The quantitative estimate of drug-likeness (QED) is 0.762. The van der Waals surface area contributed by atoms with E-state index >= 15 is 0 Å². The molecule has 0 saturated carbocycles. The lowest BCUT2D eigenvalue weighted by Gasteiger charge is -2.35. The number of ether oxygens (including phenoxy) is 1. The lowest BCUT2D eigenvalue weighted by molar-refractivity contribution is -0.145. The van der Waals surface area contributed by atoms with Crippen molar-refractivity contribution in [2.75, 3.05) is 38.5 Å². The molecule has 0 N–H and O–H groups in total. The van der Waals surface area contributed by atoms with E-state index in [9.17, 15) is 9.59 Å². The number of thioether (sulfide) groups is 1. The summed E-state index contributed by atoms with van der Waals surface area (Å²) in [5.74, 6) is 1.37. The van der Waals surface area contributed by atoms with Crippen LogP contribution in [0.2, 0.25) is 0 Å². The summed E-state index contributed by atoms with van der Waals surface area (Å²) >= 11 is 1.59. The number of aryl methyl sites for hydroxylation is 1. The van der Waals surface area contributed by atoms with Gasteiger partial charge in [-0.3, -0.25) is 9.59 Å². The molecule has 4 rings (SSSR count). The largest absolute Gasteiger partial charge is 0.368 e. The Balaban J connectivity index is 1.21. The number of pyridine rings is 1. The first-order valence-corrected chi connectivity index (χ1v) is 11.0. The van der Waals surface area contributed by atoms with Crippen molar-refractivity contribution in [3.8, 4) is 0 Å². The van der Waals surface area contributed by atoms with E-state index in [1.807, 2.05) is 32.5 Å². The molecular formula is C20H26N4O3S. The van der Waals surface area contributed by atoms with Crippen LogP contribution in [-0.4, -0.2) is 75.6 Å². The monoisotopic (exact) mass is 402 g/mol. The molecule has 0 bridgehead atoms. The van der Waals surface area contributed by atoms with E-state index in [-0.39, 0.29) is 17.9 Å². The standard InChI is InChI=1S/C20H26N4O3S/c1-15-4-5-18-21-16(12-24(18)11-15)13-28-14-19(25)22-6-8-23(9-7-22)20(26)17-3-2-10-27-17/h4-5,11-12,17H,2-3,6-10,13-14H2,1H3/t17-/m1/s1. The number of imidazole rings is 1. The Kier molecular flexibility index (Phi) is 5.87. The van der Waals surface area contributed by atoms with Crippen molar-refractivity contribution in [2.24, 2.45) is 0 Å². The van der Waals surface area contributed by atoms with Crippen molar-refractivity contribution in [3.05, 3.63) is 35.8 Å². The summed E-state index contributed by atoms with van der Waals surface area (Å²) in [4.78, 5) is 33.2. The van der Waals surface area contributed by atoms with Crippen molar-refractivity contribution in [3.63, 3.8) is 0 Å². The van der Waals surface area contributed by atoms with Gasteiger partial charge in [-0.25, -0.2) is 4.98 Å². The smallest absolute Gasteiger partial charge is 0.251 e. The van der Waals surface area contributed by atoms with Gasteiger partial charge in [-0.2, -0.15) is 0 Å². The van der Waals surface area contributed by atoms with Crippen molar-refractivity contribution in [1.29, 1.82) is 0 Å². The molecule has 150 valence electrons. The van der Waals surface area contributed by atoms with Crippen LogP contribution in [0.5, 0.6) is 0 Å². The molecule has 1 atom stereocenters. The fourth-order valence-electron chi connectivity index (χ4n) is 3.71. The summed E-state index contributed by atoms with van der Waals surface area (Å²) in [6.45, 7) is 5.14. The maximum atomic E-state index is 12.5. The second-order valence-electron chi connectivity index (χ2n) is 7.40. The highest BCUT2D eigenvalue weighted by Gasteiger charge is 2.31. The van der Waals surface area contributed by atoms with E-state index in [4.69, 9.17) is 4.74 Å². The Morgan fingerprint density at radius 2 is 1.96 bits per heavy atom. The SMILES string of the molecule is Cc1ccc2nc(CSCC(=O)N3CCN(C(=O)[C@H]4CCCO4)CC3)cn2c1. The van der Waals surface area contributed by atoms with Crippen LogP contribution < -0.4 is 0 Å². The number of nitrogens with zero attached hydrogens (tertiary/aromatic N) is 4. The van der Waals surface area contributed by atoms with Gasteiger partial charge in [0, 0.05) is 50.9 Å². The number of aromatic nitrogens is 2. The number of rotatable bonds is 5. The van der Waals surface area contributed by atoms with Gasteiger partial charge in [-0.1, -0.05) is 6.07 Å². The van der Waals surface area contributed by atoms with E-state index in [2.05, 4.69) is 18.1 Å². The lowest BCUT2D eigenvalue weighted by Crippen LogP contribution is -2.53. The van der Waals surface area contributed by atoms with Crippen molar-refractivity contribution in [1.82, 2.24) is 19.2 Å². The zero-order valence-corrected chi connectivity index (χ0v) is 17.0. The summed E-state index contributed by atoms with van der Waals surface area (Å²) < 4.78 is 7.51. The van der Waals surface area contributed by atoms with Crippen LogP contribution in [0.3, 0.4) is 0 Å². The van der Waals surface area contributed by atoms with Crippen LogP contribution in [-0.2, 0) is 20.1 Å². The summed E-state index contributed by atoms with van der Waals surface area (Å²) in [6, 6.07) is 4.05. The Morgan fingerprint density at radius 3 is 2.71 bits per heavy atom. The topological polar surface area (TPSA) is 67.2 Å². The van der Waals surface area contributed by atoms with Crippen LogP contribution in [0.4, 0.5) is 0 Å². The highest BCUT2D eigenvalue weighted by atomic mass is 32.2. The molecule has 2 aromatic heterocycles. The third-order valence-corrected chi connectivity index (χ3v) is 6.22. The normalized spacial score (nSPS) is 20.1. The van der Waals surface area contributed by atoms with Crippen molar-refractivity contribution >= 4 is 29.2 Å². The zero-order valence-electron chi connectivity index (χ0n) is 16.2. The average Bonchev–Trinajstić information content (AvgIpc) is 3.37. The lowest BCUT2D eigenvalue weighted by atomic mass is 10.2. The van der Waals surface area contributed by atoms with Gasteiger partial charge >= 0.3 is 0 Å². The Bertz CT molecular complexity index is 854. The van der Waals surface area contributed by atoms with Gasteiger partial charge in [0.25, 0.3) is 5.91 Å². The number of hydrogen-bond donors (Lipinski definition) is 0. The number of hydrogen-bond acceptors (Lipinski definition) is 5. The summed E-state index contributed by atoms with van der Waals surface area (Å²) in [7, 11) is 0. The minimum atomic E-state index is -0.271. The van der Waals surface area contributed by atoms with Crippen molar-refractivity contribution < 1.29 is 14.3 Å². The summed E-state index contributed by atoms with van der Waals surface area (Å²) in [5.41, 5.74) is 3.10. The Hall–Kier alpha value is -2.06. The zero-order chi connectivity index (χ0) is 19.5. The van der Waals surface area contributed by atoms with Gasteiger partial charge in [0.05, 0.1) is 11.4 Å². The molecule has 2 aliphatic heterocycles. The molecule has 0 spiro atoms. The minimum Gasteiger partial charge on any atom is -0.368 e. The molecule has 0 radical (unpaired) electrons. The summed E-state index contributed by atoms with van der Waals surface area (Å²) in [6.07, 6.45) is 5.58. The predicted octanol–water partition coefficient (Wildman–Crippen LogP) is 1.73. The van der Waals surface area contributed by atoms with Gasteiger partial charge in [0.15, 0.2) is 0 Å². The Morgan fingerprint density at radius 1 is 1.18 bits per heavy atom. The fraction of sp³-hybridized carbons (Fsp3) is 0.550. The highest BCUT2D eigenvalue weighted by molar-refractivity contribution is 7.99. The van der Waals surface area contributed by atoms with E-state index < -0.39 is 0 Å². The number of amides is 2. The van der Waals surface area contributed by atoms with Crippen LogP contribution in [0.1, 0.15) is 24.1 Å². The first-order chi connectivity index (χ1) is 13.6. The number of carbonyl (C=O) groups excluding carboxylic acids is 2. The molecule has 4 heterocycles. The van der Waals surface area contributed by atoms with Crippen LogP contribution in [0, 0.1) is 6.92 Å². The molecule has 0 aliphatic carbocycles. The van der Waals surface area contributed by atoms with E-state index in [1.54, 1.807) is 11.8 Å². The number of piperazine rings is 1. The molecular weight excluding hydrogens is 376 g/mol. The molecule has 2 aliphatic rings. The molecule has 2 saturated heterocycles. The third kappa shape index (κ3) is 4.33. The van der Waals surface area contributed by atoms with Gasteiger partial charge in [0.2, 0.25) is 5.91 Å². The first kappa shape index (κ1) is 19.3. The summed E-state index contributed by atoms with van der Waals surface area (Å²) in [5, 5.41) is 0. The molecule has 0 aromatic carbocycles. The number of carbonyl (C=O) groups is 2. The van der Waals surface area contributed by atoms with E-state index in [0.29, 0.717) is 44.3 Å².